The van der Waals surface area contributed by atoms with Gasteiger partial charge in [0.1, 0.15) is 6.54 Å². The van der Waals surface area contributed by atoms with E-state index in [0.29, 0.717) is 0 Å². The third kappa shape index (κ3) is 5.52. The molecule has 0 heterocycles. The van der Waals surface area contributed by atoms with Crippen LogP contribution in [0, 0.1) is 0 Å². The lowest BCUT2D eigenvalue weighted by Crippen LogP contribution is -2.42. The van der Waals surface area contributed by atoms with Crippen LogP contribution in [0.4, 0.5) is 0 Å². The van der Waals surface area contributed by atoms with E-state index >= 15 is 0 Å². The molecule has 0 saturated heterocycles. The zero-order valence-electron chi connectivity index (χ0n) is 10.0. The van der Waals surface area contributed by atoms with Gasteiger partial charge in [-0.3, -0.25) is 14.4 Å². The lowest BCUT2D eigenvalue weighted by molar-refractivity contribution is -0.145. The van der Waals surface area contributed by atoms with Gasteiger partial charge >= 0.3 is 5.97 Å². The maximum absolute atomic E-state index is 11.9. The highest BCUT2D eigenvalue weighted by atomic mass is 79.9. The molecule has 0 unspecified atom stereocenters. The van der Waals surface area contributed by atoms with Gasteiger partial charge in [-0.05, 0) is 17.7 Å². The molecule has 0 aliphatic carbocycles. The average molecular weight is 329 g/mol. The smallest absolute Gasteiger partial charge is 0.323 e. The molecule has 0 bridgehead atoms. The molecular weight excluding hydrogens is 316 g/mol. The van der Waals surface area contributed by atoms with Crippen LogP contribution < -0.4 is 5.73 Å². The number of aliphatic carboxylic acids is 1. The topological polar surface area (TPSA) is 101 Å². The molecule has 0 spiro atoms. The lowest BCUT2D eigenvalue weighted by atomic mass is 10.1. The third-order valence-corrected chi connectivity index (χ3v) is 2.76. The Labute approximate surface area is 118 Å². The van der Waals surface area contributed by atoms with E-state index in [1.54, 1.807) is 18.2 Å². The molecule has 0 atom stereocenters. The Bertz CT molecular complexity index is 488. The van der Waals surface area contributed by atoms with Crippen molar-refractivity contribution < 1.29 is 19.5 Å². The number of halogens is 1. The largest absolute Gasteiger partial charge is 0.480 e. The molecule has 0 radical (unpaired) electrons. The molecule has 1 aromatic rings. The first-order valence-corrected chi connectivity index (χ1v) is 6.20. The van der Waals surface area contributed by atoms with Gasteiger partial charge in [0.25, 0.3) is 0 Å². The molecule has 0 saturated carbocycles. The predicted octanol–water partition coefficient (Wildman–Crippen LogP) is 0.390. The van der Waals surface area contributed by atoms with E-state index < -0.39 is 30.9 Å². The highest BCUT2D eigenvalue weighted by Gasteiger charge is 2.18. The number of carbonyl (C=O) groups is 3. The minimum atomic E-state index is -1.19. The number of nitrogens with two attached hydrogens (primary N) is 1. The maximum Gasteiger partial charge on any atom is 0.323 e. The normalized spacial score (nSPS) is 9.95. The second-order valence-corrected chi connectivity index (χ2v) is 4.83. The number of benzene rings is 1. The second kappa shape index (κ2) is 6.89. The predicted molar refractivity (Wildman–Crippen MR) is 71.3 cm³/mol. The number of primary amides is 1. The lowest BCUT2D eigenvalue weighted by Gasteiger charge is -2.18. The van der Waals surface area contributed by atoms with Gasteiger partial charge in [0.15, 0.2) is 0 Å². The molecule has 1 rings (SSSR count). The molecule has 0 aromatic heterocycles. The van der Waals surface area contributed by atoms with Gasteiger partial charge in [-0.1, -0.05) is 28.1 Å². The summed E-state index contributed by atoms with van der Waals surface area (Å²) < 4.78 is 0.817. The van der Waals surface area contributed by atoms with Crippen LogP contribution in [-0.4, -0.2) is 40.9 Å². The zero-order valence-corrected chi connectivity index (χ0v) is 11.6. The highest BCUT2D eigenvalue weighted by molar-refractivity contribution is 9.10. The Hall–Kier alpha value is -1.89. The molecule has 0 aliphatic heterocycles. The first kappa shape index (κ1) is 15.2. The van der Waals surface area contributed by atoms with Crippen molar-refractivity contribution in [1.29, 1.82) is 0 Å². The molecule has 6 nitrogen and oxygen atoms in total. The quantitative estimate of drug-likeness (QED) is 0.788. The van der Waals surface area contributed by atoms with Crippen molar-refractivity contribution in [2.75, 3.05) is 13.1 Å². The fourth-order valence-corrected chi connectivity index (χ4v) is 1.96. The number of hydrogen-bond acceptors (Lipinski definition) is 3. The maximum atomic E-state index is 11.9. The van der Waals surface area contributed by atoms with Crippen molar-refractivity contribution >= 4 is 33.7 Å². The van der Waals surface area contributed by atoms with Gasteiger partial charge in [-0.25, -0.2) is 0 Å². The number of rotatable bonds is 6. The Kier molecular flexibility index (Phi) is 5.50. The van der Waals surface area contributed by atoms with E-state index in [1.807, 2.05) is 6.07 Å². The molecule has 19 heavy (non-hydrogen) atoms. The summed E-state index contributed by atoms with van der Waals surface area (Å²) in [7, 11) is 0. The van der Waals surface area contributed by atoms with E-state index in [0.717, 1.165) is 14.9 Å². The minimum Gasteiger partial charge on any atom is -0.480 e. The van der Waals surface area contributed by atoms with Gasteiger partial charge < -0.3 is 15.7 Å². The van der Waals surface area contributed by atoms with Crippen LogP contribution >= 0.6 is 15.9 Å². The fraction of sp³-hybridized carbons (Fsp3) is 0.250. The minimum absolute atomic E-state index is 0.0139. The SMILES string of the molecule is NC(=O)CN(CC(=O)O)C(=O)Cc1cccc(Br)c1. The van der Waals surface area contributed by atoms with Crippen LogP contribution in [0.15, 0.2) is 28.7 Å². The fourth-order valence-electron chi connectivity index (χ4n) is 1.52. The molecule has 0 aliphatic rings. The Morgan fingerprint density at radius 2 is 1.95 bits per heavy atom. The first-order valence-electron chi connectivity index (χ1n) is 5.41. The summed E-state index contributed by atoms with van der Waals surface area (Å²) in [4.78, 5) is 34.3. The molecule has 1 aromatic carbocycles. The van der Waals surface area contributed by atoms with Crippen molar-refractivity contribution in [2.24, 2.45) is 5.73 Å². The van der Waals surface area contributed by atoms with Gasteiger partial charge in [0, 0.05) is 4.47 Å². The van der Waals surface area contributed by atoms with E-state index in [2.05, 4.69) is 15.9 Å². The molecular formula is C12H13BrN2O4. The van der Waals surface area contributed by atoms with Crippen LogP contribution in [0.5, 0.6) is 0 Å². The van der Waals surface area contributed by atoms with Gasteiger partial charge in [0.05, 0.1) is 13.0 Å². The highest BCUT2D eigenvalue weighted by Crippen LogP contribution is 2.12. The summed E-state index contributed by atoms with van der Waals surface area (Å²) in [6, 6.07) is 7.07. The summed E-state index contributed by atoms with van der Waals surface area (Å²) in [6.45, 7) is -0.949. The molecule has 2 amide bonds. The van der Waals surface area contributed by atoms with E-state index in [-0.39, 0.29) is 6.42 Å². The zero-order chi connectivity index (χ0) is 14.4. The monoisotopic (exact) mass is 328 g/mol. The number of nitrogens with zero attached hydrogens (tertiary/aromatic N) is 1. The van der Waals surface area contributed by atoms with Crippen LogP contribution in [0.1, 0.15) is 5.56 Å². The standard InChI is InChI=1S/C12H13BrN2O4/c13-9-3-1-2-8(4-9)5-11(17)15(6-10(14)16)7-12(18)19/h1-4H,5-7H2,(H2,14,16)(H,18,19). The van der Waals surface area contributed by atoms with Gasteiger partial charge in [-0.15, -0.1) is 0 Å². The van der Waals surface area contributed by atoms with Crippen molar-refractivity contribution in [3.8, 4) is 0 Å². The van der Waals surface area contributed by atoms with Crippen LogP contribution in [-0.2, 0) is 20.8 Å². The van der Waals surface area contributed by atoms with Crippen LogP contribution in [0.3, 0.4) is 0 Å². The van der Waals surface area contributed by atoms with E-state index in [9.17, 15) is 14.4 Å². The van der Waals surface area contributed by atoms with Crippen molar-refractivity contribution in [3.63, 3.8) is 0 Å². The first-order chi connectivity index (χ1) is 8.88. The van der Waals surface area contributed by atoms with E-state index in [1.165, 1.54) is 0 Å². The Balaban J connectivity index is 2.76. The van der Waals surface area contributed by atoms with Crippen LogP contribution in [0.2, 0.25) is 0 Å². The third-order valence-electron chi connectivity index (χ3n) is 2.27. The molecule has 3 N–H and O–H groups in total. The average Bonchev–Trinajstić information content (AvgIpc) is 2.26. The summed E-state index contributed by atoms with van der Waals surface area (Å²) in [5.41, 5.74) is 5.71. The van der Waals surface area contributed by atoms with Crippen molar-refractivity contribution in [1.82, 2.24) is 4.90 Å². The Morgan fingerprint density at radius 1 is 1.26 bits per heavy atom. The van der Waals surface area contributed by atoms with Crippen LogP contribution in [0.25, 0.3) is 0 Å². The number of carbonyl (C=O) groups excluding carboxylic acids is 2. The Morgan fingerprint density at radius 3 is 2.47 bits per heavy atom. The second-order valence-electron chi connectivity index (χ2n) is 3.92. The number of carboxylic acid groups (broad SMARTS) is 1. The molecule has 0 fully saturated rings. The molecule has 102 valence electrons. The van der Waals surface area contributed by atoms with E-state index in [4.69, 9.17) is 10.8 Å². The summed E-state index contributed by atoms with van der Waals surface area (Å²) >= 11 is 3.28. The summed E-state index contributed by atoms with van der Waals surface area (Å²) in [5, 5.41) is 8.70. The van der Waals surface area contributed by atoms with Gasteiger partial charge in [0.2, 0.25) is 11.8 Å². The molecule has 7 heteroatoms. The number of amides is 2. The summed E-state index contributed by atoms with van der Waals surface area (Å²) in [5.74, 6) is -2.40. The number of hydrogen-bond donors (Lipinski definition) is 2. The van der Waals surface area contributed by atoms with Gasteiger partial charge in [-0.2, -0.15) is 0 Å². The summed E-state index contributed by atoms with van der Waals surface area (Å²) in [6.07, 6.45) is 0.0139. The van der Waals surface area contributed by atoms with Crippen molar-refractivity contribution in [2.45, 2.75) is 6.42 Å². The van der Waals surface area contributed by atoms with Crippen molar-refractivity contribution in [3.05, 3.63) is 34.3 Å². The number of carboxylic acids is 1.